The van der Waals surface area contributed by atoms with Gasteiger partial charge in [-0.2, -0.15) is 0 Å². The van der Waals surface area contributed by atoms with Crippen LogP contribution in [0.15, 0.2) is 27.8 Å². The Bertz CT molecular complexity index is 711. The average molecular weight is 274 g/mol. The molecule has 106 valence electrons. The Morgan fingerprint density at radius 2 is 1.90 bits per heavy atom. The van der Waals surface area contributed by atoms with E-state index in [0.29, 0.717) is 16.8 Å². The van der Waals surface area contributed by atoms with Crippen LogP contribution in [0.2, 0.25) is 0 Å². The van der Waals surface area contributed by atoms with Crippen molar-refractivity contribution in [2.75, 3.05) is 18.4 Å². The van der Waals surface area contributed by atoms with E-state index in [9.17, 15) is 9.59 Å². The van der Waals surface area contributed by atoms with E-state index in [4.69, 9.17) is 0 Å². The first kappa shape index (κ1) is 12.9. The Labute approximate surface area is 115 Å². The Hall–Kier alpha value is -2.08. The molecule has 6 nitrogen and oxygen atoms in total. The van der Waals surface area contributed by atoms with E-state index in [1.807, 2.05) is 6.07 Å². The third-order valence-corrected chi connectivity index (χ3v) is 3.76. The Kier molecular flexibility index (Phi) is 3.56. The molecule has 1 fully saturated rings. The van der Waals surface area contributed by atoms with E-state index < -0.39 is 0 Å². The van der Waals surface area contributed by atoms with Crippen molar-refractivity contribution < 1.29 is 0 Å². The standard InChI is InChI=1S/C14H18N4O2/c19-13-10-4-1-5-11(12(10)14(20)18-17-13)16-9-3-2-7-15-8-6-9/h1,4-5,9,15-16H,2-3,6-8H2,(H,17,19)(H,18,20). The van der Waals surface area contributed by atoms with E-state index in [1.54, 1.807) is 12.1 Å². The van der Waals surface area contributed by atoms with Crippen LogP contribution < -0.4 is 21.8 Å². The number of anilines is 1. The molecule has 0 radical (unpaired) electrons. The maximum Gasteiger partial charge on any atom is 0.272 e. The molecule has 6 heteroatoms. The van der Waals surface area contributed by atoms with Crippen molar-refractivity contribution in [3.63, 3.8) is 0 Å². The lowest BCUT2D eigenvalue weighted by Crippen LogP contribution is -2.24. The van der Waals surface area contributed by atoms with Gasteiger partial charge in [0.1, 0.15) is 0 Å². The minimum Gasteiger partial charge on any atom is -0.382 e. The van der Waals surface area contributed by atoms with Crippen LogP contribution in [0, 0.1) is 0 Å². The SMILES string of the molecule is O=c1[nH][nH]c(=O)c2c(NC3CCCNCC3)cccc12. The molecule has 1 aliphatic rings. The van der Waals surface area contributed by atoms with Gasteiger partial charge in [0.15, 0.2) is 0 Å². The third kappa shape index (κ3) is 2.46. The fourth-order valence-corrected chi connectivity index (χ4v) is 2.73. The summed E-state index contributed by atoms with van der Waals surface area (Å²) in [7, 11) is 0. The van der Waals surface area contributed by atoms with Gasteiger partial charge in [-0.05, 0) is 44.5 Å². The molecule has 0 aliphatic carbocycles. The topological polar surface area (TPSA) is 89.8 Å². The number of aromatic nitrogens is 2. The van der Waals surface area contributed by atoms with Crippen molar-refractivity contribution in [3.8, 4) is 0 Å². The molecular formula is C14H18N4O2. The quantitative estimate of drug-likeness (QED) is 0.651. The zero-order valence-corrected chi connectivity index (χ0v) is 11.2. The zero-order chi connectivity index (χ0) is 13.9. The molecule has 4 N–H and O–H groups in total. The van der Waals surface area contributed by atoms with Gasteiger partial charge in [0.05, 0.1) is 10.8 Å². The minimum absolute atomic E-state index is 0.269. The first-order valence-corrected chi connectivity index (χ1v) is 6.96. The van der Waals surface area contributed by atoms with E-state index in [0.717, 1.165) is 38.0 Å². The number of benzene rings is 1. The number of aromatic amines is 2. The highest BCUT2D eigenvalue weighted by Crippen LogP contribution is 2.20. The summed E-state index contributed by atoms with van der Waals surface area (Å²) >= 11 is 0. The normalized spacial score (nSPS) is 19.7. The molecule has 20 heavy (non-hydrogen) atoms. The van der Waals surface area contributed by atoms with Gasteiger partial charge in [-0.25, -0.2) is 0 Å². The molecule has 1 unspecified atom stereocenters. The lowest BCUT2D eigenvalue weighted by molar-refractivity contribution is 0.638. The lowest BCUT2D eigenvalue weighted by Gasteiger charge is -2.18. The van der Waals surface area contributed by atoms with Gasteiger partial charge in [0, 0.05) is 11.7 Å². The average Bonchev–Trinajstić information content (AvgIpc) is 2.72. The molecule has 1 aromatic heterocycles. The molecule has 2 heterocycles. The first-order chi connectivity index (χ1) is 9.75. The second-order valence-electron chi connectivity index (χ2n) is 5.16. The van der Waals surface area contributed by atoms with E-state index >= 15 is 0 Å². The van der Waals surface area contributed by atoms with Crippen molar-refractivity contribution >= 4 is 16.5 Å². The summed E-state index contributed by atoms with van der Waals surface area (Å²) in [6.07, 6.45) is 3.18. The van der Waals surface area contributed by atoms with Crippen LogP contribution in [0.4, 0.5) is 5.69 Å². The van der Waals surface area contributed by atoms with Crippen LogP contribution in [-0.4, -0.2) is 29.3 Å². The van der Waals surface area contributed by atoms with E-state index in [-0.39, 0.29) is 11.1 Å². The van der Waals surface area contributed by atoms with Gasteiger partial charge >= 0.3 is 0 Å². The van der Waals surface area contributed by atoms with E-state index in [1.165, 1.54) is 0 Å². The fourth-order valence-electron chi connectivity index (χ4n) is 2.73. The summed E-state index contributed by atoms with van der Waals surface area (Å²) in [5.74, 6) is 0. The second-order valence-corrected chi connectivity index (χ2v) is 5.16. The zero-order valence-electron chi connectivity index (χ0n) is 11.2. The predicted octanol–water partition coefficient (Wildman–Crippen LogP) is 0.770. The lowest BCUT2D eigenvalue weighted by atomic mass is 10.1. The highest BCUT2D eigenvalue weighted by atomic mass is 16.1. The van der Waals surface area contributed by atoms with Crippen molar-refractivity contribution in [1.82, 2.24) is 15.5 Å². The summed E-state index contributed by atoms with van der Waals surface area (Å²) in [6.45, 7) is 2.01. The van der Waals surface area contributed by atoms with Crippen molar-refractivity contribution in [2.24, 2.45) is 0 Å². The highest BCUT2D eigenvalue weighted by molar-refractivity contribution is 5.92. The molecule has 0 spiro atoms. The molecular weight excluding hydrogens is 256 g/mol. The third-order valence-electron chi connectivity index (χ3n) is 3.76. The fraction of sp³-hybridized carbons (Fsp3) is 0.429. The molecule has 1 aromatic carbocycles. The van der Waals surface area contributed by atoms with Crippen LogP contribution in [0.1, 0.15) is 19.3 Å². The van der Waals surface area contributed by atoms with Crippen LogP contribution in [0.3, 0.4) is 0 Å². The minimum atomic E-state index is -0.272. The van der Waals surface area contributed by atoms with Gasteiger partial charge in [-0.15, -0.1) is 0 Å². The summed E-state index contributed by atoms with van der Waals surface area (Å²) in [5.41, 5.74) is 0.196. The van der Waals surface area contributed by atoms with Gasteiger partial charge < -0.3 is 10.6 Å². The molecule has 2 aromatic rings. The van der Waals surface area contributed by atoms with Gasteiger partial charge in [0.2, 0.25) is 0 Å². The van der Waals surface area contributed by atoms with Crippen molar-refractivity contribution in [2.45, 2.75) is 25.3 Å². The number of fused-ring (bicyclic) bond motifs is 1. The monoisotopic (exact) mass is 274 g/mol. The number of hydrogen-bond acceptors (Lipinski definition) is 4. The number of rotatable bonds is 2. The highest BCUT2D eigenvalue weighted by Gasteiger charge is 2.14. The maximum absolute atomic E-state index is 12.0. The van der Waals surface area contributed by atoms with E-state index in [2.05, 4.69) is 20.8 Å². The number of H-pyrrole nitrogens is 2. The Morgan fingerprint density at radius 1 is 1.05 bits per heavy atom. The molecule has 0 saturated carbocycles. The summed E-state index contributed by atoms with van der Waals surface area (Å²) < 4.78 is 0. The summed E-state index contributed by atoms with van der Waals surface area (Å²) in [4.78, 5) is 23.8. The van der Waals surface area contributed by atoms with Crippen LogP contribution in [0.5, 0.6) is 0 Å². The van der Waals surface area contributed by atoms with Crippen LogP contribution in [0.25, 0.3) is 10.8 Å². The molecule has 1 saturated heterocycles. The van der Waals surface area contributed by atoms with Gasteiger partial charge in [-0.1, -0.05) is 6.07 Å². The summed E-state index contributed by atoms with van der Waals surface area (Å²) in [5, 5.41) is 12.4. The Morgan fingerprint density at radius 3 is 2.80 bits per heavy atom. The van der Waals surface area contributed by atoms with Crippen LogP contribution >= 0.6 is 0 Å². The van der Waals surface area contributed by atoms with Crippen molar-refractivity contribution in [1.29, 1.82) is 0 Å². The maximum atomic E-state index is 12.0. The summed E-state index contributed by atoms with van der Waals surface area (Å²) in [6, 6.07) is 5.65. The van der Waals surface area contributed by atoms with Crippen LogP contribution in [-0.2, 0) is 0 Å². The second kappa shape index (κ2) is 5.50. The number of nitrogens with one attached hydrogen (secondary N) is 4. The molecule has 0 amide bonds. The predicted molar refractivity (Wildman–Crippen MR) is 79.3 cm³/mol. The molecule has 1 aliphatic heterocycles. The Balaban J connectivity index is 2.01. The van der Waals surface area contributed by atoms with Gasteiger partial charge in [-0.3, -0.25) is 19.8 Å². The molecule has 0 bridgehead atoms. The smallest absolute Gasteiger partial charge is 0.272 e. The largest absolute Gasteiger partial charge is 0.382 e. The molecule has 3 rings (SSSR count). The molecule has 1 atom stereocenters. The van der Waals surface area contributed by atoms with Gasteiger partial charge in [0.25, 0.3) is 11.1 Å². The first-order valence-electron chi connectivity index (χ1n) is 6.96. The van der Waals surface area contributed by atoms with Crippen molar-refractivity contribution in [3.05, 3.63) is 38.9 Å². The number of hydrogen-bond donors (Lipinski definition) is 4.